The topological polar surface area (TPSA) is 66.4 Å². The second-order valence-electron chi connectivity index (χ2n) is 3.89. The van der Waals surface area contributed by atoms with E-state index in [-0.39, 0.29) is 10.8 Å². The number of rotatable bonds is 4. The summed E-state index contributed by atoms with van der Waals surface area (Å²) < 4.78 is 0.998. The Bertz CT molecular complexity index is 688. The summed E-state index contributed by atoms with van der Waals surface area (Å²) in [6.45, 7) is 1.70. The lowest BCUT2D eigenvalue weighted by Crippen LogP contribution is -2.05. The van der Waals surface area contributed by atoms with Crippen molar-refractivity contribution in [3.05, 3.63) is 43.4 Å². The summed E-state index contributed by atoms with van der Waals surface area (Å²) in [6.07, 6.45) is 3.14. The van der Waals surface area contributed by atoms with Crippen molar-refractivity contribution in [2.45, 2.75) is 6.92 Å². The minimum Gasteiger partial charge on any atom is -0.477 e. The van der Waals surface area contributed by atoms with Crippen molar-refractivity contribution in [1.82, 2.24) is 0 Å². The number of amides is 1. The van der Waals surface area contributed by atoms with Crippen LogP contribution in [-0.4, -0.2) is 17.0 Å². The van der Waals surface area contributed by atoms with Gasteiger partial charge in [0.15, 0.2) is 0 Å². The molecule has 2 rings (SSSR count). The molecule has 0 saturated heterocycles. The number of aromatic carboxylic acids is 1. The summed E-state index contributed by atoms with van der Waals surface area (Å²) in [4.78, 5) is 23.9. The van der Waals surface area contributed by atoms with Crippen molar-refractivity contribution >= 4 is 61.6 Å². The average molecular weight is 372 g/mol. The molecule has 2 heterocycles. The zero-order chi connectivity index (χ0) is 14.7. The van der Waals surface area contributed by atoms with Crippen LogP contribution in [0.5, 0.6) is 0 Å². The lowest BCUT2D eigenvalue weighted by Gasteiger charge is -1.95. The number of hydrogen-bond donors (Lipinski definition) is 2. The van der Waals surface area contributed by atoms with Gasteiger partial charge in [-0.25, -0.2) is 4.79 Å². The summed E-state index contributed by atoms with van der Waals surface area (Å²) in [6, 6.07) is 5.46. The Balaban J connectivity index is 2.03. The van der Waals surface area contributed by atoms with Crippen LogP contribution < -0.4 is 5.32 Å². The standard InChI is InChI=1S/C13H10BrNO3S2/c1-7-6-11(20-12(7)13(17)18)15-10(16)5-3-8-2-4-9(14)19-8/h2-6H,1H3,(H,15,16)(H,17,18)/b5-3+. The predicted octanol–water partition coefficient (Wildman–Crippen LogP) is 4.23. The number of carboxylic acid groups (broad SMARTS) is 1. The Morgan fingerprint density at radius 3 is 2.65 bits per heavy atom. The van der Waals surface area contributed by atoms with Crippen molar-refractivity contribution in [3.63, 3.8) is 0 Å². The van der Waals surface area contributed by atoms with Gasteiger partial charge in [0.2, 0.25) is 5.91 Å². The number of carbonyl (C=O) groups is 2. The molecule has 0 aliphatic rings. The quantitative estimate of drug-likeness (QED) is 0.790. The van der Waals surface area contributed by atoms with Crippen molar-refractivity contribution in [3.8, 4) is 0 Å². The van der Waals surface area contributed by atoms with E-state index in [1.807, 2.05) is 12.1 Å². The van der Waals surface area contributed by atoms with Gasteiger partial charge in [0.25, 0.3) is 0 Å². The Morgan fingerprint density at radius 2 is 2.10 bits per heavy atom. The van der Waals surface area contributed by atoms with E-state index in [0.717, 1.165) is 20.0 Å². The Kier molecular flexibility index (Phi) is 4.74. The van der Waals surface area contributed by atoms with E-state index in [1.165, 1.54) is 17.4 Å². The van der Waals surface area contributed by atoms with Gasteiger partial charge >= 0.3 is 5.97 Å². The molecule has 0 aliphatic heterocycles. The molecule has 2 N–H and O–H groups in total. The first-order chi connectivity index (χ1) is 9.45. The largest absolute Gasteiger partial charge is 0.477 e. The maximum absolute atomic E-state index is 11.7. The number of carbonyl (C=O) groups excluding carboxylic acids is 1. The van der Waals surface area contributed by atoms with Crippen LogP contribution in [0.3, 0.4) is 0 Å². The molecule has 2 aromatic heterocycles. The lowest BCUT2D eigenvalue weighted by molar-refractivity contribution is -0.111. The maximum atomic E-state index is 11.7. The third kappa shape index (κ3) is 3.78. The monoisotopic (exact) mass is 371 g/mol. The number of thiophene rings is 2. The van der Waals surface area contributed by atoms with Crippen molar-refractivity contribution in [1.29, 1.82) is 0 Å². The van der Waals surface area contributed by atoms with Gasteiger partial charge in [0, 0.05) is 11.0 Å². The summed E-state index contributed by atoms with van der Waals surface area (Å²) in [5.41, 5.74) is 0.643. The lowest BCUT2D eigenvalue weighted by atomic mass is 10.3. The fourth-order valence-corrected chi connectivity index (χ4v) is 3.74. The number of aryl methyl sites for hydroxylation is 1. The molecular weight excluding hydrogens is 362 g/mol. The Morgan fingerprint density at radius 1 is 1.35 bits per heavy atom. The Labute approximate surface area is 131 Å². The molecule has 4 nitrogen and oxygen atoms in total. The van der Waals surface area contributed by atoms with Crippen LogP contribution in [0.15, 0.2) is 28.1 Å². The smallest absolute Gasteiger partial charge is 0.346 e. The van der Waals surface area contributed by atoms with Gasteiger partial charge in [0.05, 0.1) is 8.79 Å². The second-order valence-corrected chi connectivity index (χ2v) is 7.44. The van der Waals surface area contributed by atoms with Gasteiger partial charge in [0.1, 0.15) is 4.88 Å². The fraction of sp³-hybridized carbons (Fsp3) is 0.0769. The minimum absolute atomic E-state index is 0.242. The highest BCUT2D eigenvalue weighted by molar-refractivity contribution is 9.11. The van der Waals surface area contributed by atoms with Gasteiger partial charge in [-0.3, -0.25) is 4.79 Å². The number of nitrogens with one attached hydrogen (secondary N) is 1. The van der Waals surface area contributed by atoms with E-state index in [2.05, 4.69) is 21.2 Å². The zero-order valence-electron chi connectivity index (χ0n) is 10.3. The first-order valence-electron chi connectivity index (χ1n) is 5.54. The summed E-state index contributed by atoms with van der Waals surface area (Å²) in [5, 5.41) is 12.1. The van der Waals surface area contributed by atoms with Crippen molar-refractivity contribution in [2.75, 3.05) is 5.32 Å². The minimum atomic E-state index is -0.980. The zero-order valence-corrected chi connectivity index (χ0v) is 13.6. The molecular formula is C13H10BrNO3S2. The number of carboxylic acids is 1. The number of anilines is 1. The van der Waals surface area contributed by atoms with Crippen molar-refractivity contribution < 1.29 is 14.7 Å². The van der Waals surface area contributed by atoms with E-state index in [1.54, 1.807) is 19.1 Å². The molecule has 0 atom stereocenters. The first kappa shape index (κ1) is 15.0. The summed E-state index contributed by atoms with van der Waals surface area (Å²) in [7, 11) is 0. The molecule has 0 aliphatic carbocycles. The molecule has 0 spiro atoms. The predicted molar refractivity (Wildman–Crippen MR) is 85.7 cm³/mol. The number of hydrogen-bond acceptors (Lipinski definition) is 4. The van der Waals surface area contributed by atoms with E-state index >= 15 is 0 Å². The molecule has 2 aromatic rings. The van der Waals surface area contributed by atoms with Crippen LogP contribution in [0, 0.1) is 6.92 Å². The molecule has 0 unspecified atom stereocenters. The molecule has 1 amide bonds. The SMILES string of the molecule is Cc1cc(NC(=O)/C=C/c2ccc(Br)s2)sc1C(=O)O. The molecule has 7 heteroatoms. The molecule has 0 aromatic carbocycles. The van der Waals surface area contributed by atoms with E-state index in [4.69, 9.17) is 5.11 Å². The highest BCUT2D eigenvalue weighted by atomic mass is 79.9. The molecule has 20 heavy (non-hydrogen) atoms. The molecule has 0 fully saturated rings. The van der Waals surface area contributed by atoms with Crippen LogP contribution in [0.4, 0.5) is 5.00 Å². The van der Waals surface area contributed by atoms with Crippen LogP contribution in [0.1, 0.15) is 20.1 Å². The van der Waals surface area contributed by atoms with Crippen LogP contribution in [0.2, 0.25) is 0 Å². The van der Waals surface area contributed by atoms with Crippen molar-refractivity contribution in [2.24, 2.45) is 0 Å². The van der Waals surface area contributed by atoms with E-state index in [0.29, 0.717) is 10.6 Å². The molecule has 0 radical (unpaired) electrons. The highest BCUT2D eigenvalue weighted by Crippen LogP contribution is 2.27. The highest BCUT2D eigenvalue weighted by Gasteiger charge is 2.12. The molecule has 0 saturated carbocycles. The fourth-order valence-electron chi connectivity index (χ4n) is 1.49. The van der Waals surface area contributed by atoms with Gasteiger partial charge in [-0.2, -0.15) is 0 Å². The third-order valence-electron chi connectivity index (χ3n) is 2.35. The summed E-state index contributed by atoms with van der Waals surface area (Å²) in [5.74, 6) is -1.26. The number of halogens is 1. The Hall–Kier alpha value is -1.44. The van der Waals surface area contributed by atoms with Gasteiger partial charge in [-0.15, -0.1) is 22.7 Å². The summed E-state index contributed by atoms with van der Waals surface area (Å²) >= 11 is 5.92. The van der Waals surface area contributed by atoms with Gasteiger partial charge in [-0.1, -0.05) is 0 Å². The molecule has 0 bridgehead atoms. The van der Waals surface area contributed by atoms with E-state index in [9.17, 15) is 9.59 Å². The van der Waals surface area contributed by atoms with Crippen LogP contribution in [-0.2, 0) is 4.79 Å². The average Bonchev–Trinajstić information content (AvgIpc) is 2.93. The second kappa shape index (κ2) is 6.34. The van der Waals surface area contributed by atoms with Crippen LogP contribution >= 0.6 is 38.6 Å². The first-order valence-corrected chi connectivity index (χ1v) is 7.96. The van der Waals surface area contributed by atoms with Gasteiger partial charge < -0.3 is 10.4 Å². The molecule has 104 valence electrons. The van der Waals surface area contributed by atoms with E-state index < -0.39 is 5.97 Å². The normalized spacial score (nSPS) is 10.9. The van der Waals surface area contributed by atoms with Gasteiger partial charge in [-0.05, 0) is 52.7 Å². The van der Waals surface area contributed by atoms with Crippen LogP contribution in [0.25, 0.3) is 6.08 Å². The third-order valence-corrected chi connectivity index (χ3v) is 5.08. The maximum Gasteiger partial charge on any atom is 0.346 e.